The second-order valence-electron chi connectivity index (χ2n) is 9.94. The van der Waals surface area contributed by atoms with Crippen LogP contribution in [0.25, 0.3) is 16.8 Å². The lowest BCUT2D eigenvalue weighted by molar-refractivity contribution is -0.0800. The van der Waals surface area contributed by atoms with Crippen LogP contribution in [0, 0.1) is 6.92 Å². The van der Waals surface area contributed by atoms with Gasteiger partial charge in [-0.1, -0.05) is 43.2 Å². The number of aryl methyl sites for hydroxylation is 1. The van der Waals surface area contributed by atoms with Gasteiger partial charge in [0.25, 0.3) is 10.1 Å². The van der Waals surface area contributed by atoms with Crippen molar-refractivity contribution in [2.45, 2.75) is 55.9 Å². The zero-order valence-corrected chi connectivity index (χ0v) is 22.3. The molecule has 9 nitrogen and oxygen atoms in total. The molecule has 1 aliphatic rings. The molecule has 1 aliphatic carbocycles. The van der Waals surface area contributed by atoms with E-state index in [1.54, 1.807) is 24.5 Å². The number of aliphatic hydroxyl groups is 1. The maximum Gasteiger partial charge on any atom is 0.297 e. The number of anilines is 1. The molecule has 0 spiro atoms. The molecule has 200 valence electrons. The van der Waals surface area contributed by atoms with Crippen molar-refractivity contribution < 1.29 is 22.4 Å². The fraction of sp³-hybridized carbons (Fsp3) is 0.357. The molecule has 4 aromatic rings. The van der Waals surface area contributed by atoms with Crippen molar-refractivity contribution in [1.82, 2.24) is 14.4 Å². The lowest BCUT2D eigenvalue weighted by Gasteiger charge is -2.42. The Morgan fingerprint density at radius 3 is 2.68 bits per heavy atom. The van der Waals surface area contributed by atoms with E-state index in [1.807, 2.05) is 35.6 Å². The summed E-state index contributed by atoms with van der Waals surface area (Å²) >= 11 is 0. The third-order valence-electron chi connectivity index (χ3n) is 6.89. The molecule has 1 saturated carbocycles. The Kier molecular flexibility index (Phi) is 7.13. The second kappa shape index (κ2) is 10.4. The Balaban J connectivity index is 1.35. The van der Waals surface area contributed by atoms with E-state index in [-0.39, 0.29) is 17.4 Å². The maximum atomic E-state index is 12.6. The van der Waals surface area contributed by atoms with Crippen molar-refractivity contribution in [3.63, 3.8) is 0 Å². The first-order valence-electron chi connectivity index (χ1n) is 12.7. The molecule has 0 amide bonds. The van der Waals surface area contributed by atoms with E-state index in [0.29, 0.717) is 36.5 Å². The molecular weight excluding hydrogens is 504 g/mol. The minimum Gasteiger partial charge on any atom is -0.494 e. The van der Waals surface area contributed by atoms with Crippen molar-refractivity contribution in [3.05, 3.63) is 72.3 Å². The highest BCUT2D eigenvalue weighted by Crippen LogP contribution is 2.46. The smallest absolute Gasteiger partial charge is 0.297 e. The summed E-state index contributed by atoms with van der Waals surface area (Å²) in [6.45, 7) is 4.31. The minimum absolute atomic E-state index is 0.0651. The highest BCUT2D eigenvalue weighted by Gasteiger charge is 2.46. The quantitative estimate of drug-likeness (QED) is 0.224. The Morgan fingerprint density at radius 1 is 1.18 bits per heavy atom. The SMILES string of the molecule is CCCCOc1cccc(-c2nc([C@H]3C[C@@](O)(COS(=O)(=O)c4ccc(C)cc4)C3)n3ccnc(N)c23)c1. The number of imidazole rings is 1. The van der Waals surface area contributed by atoms with Crippen LogP contribution in [-0.4, -0.2) is 46.7 Å². The summed E-state index contributed by atoms with van der Waals surface area (Å²) in [5.41, 5.74) is 8.16. The topological polar surface area (TPSA) is 129 Å². The number of nitrogens with two attached hydrogens (primary N) is 1. The van der Waals surface area contributed by atoms with Crippen molar-refractivity contribution in [1.29, 1.82) is 0 Å². The van der Waals surface area contributed by atoms with Gasteiger partial charge in [0.15, 0.2) is 0 Å². The molecule has 2 heterocycles. The maximum absolute atomic E-state index is 12.6. The van der Waals surface area contributed by atoms with Gasteiger partial charge in [0.05, 0.1) is 23.7 Å². The van der Waals surface area contributed by atoms with Crippen molar-refractivity contribution >= 4 is 21.5 Å². The summed E-state index contributed by atoms with van der Waals surface area (Å²) in [4.78, 5) is 9.25. The summed E-state index contributed by atoms with van der Waals surface area (Å²) in [5.74, 6) is 1.72. The van der Waals surface area contributed by atoms with Crippen LogP contribution in [-0.2, 0) is 14.3 Å². The number of hydrogen-bond acceptors (Lipinski definition) is 8. The molecule has 0 saturated heterocycles. The van der Waals surface area contributed by atoms with Crippen LogP contribution in [0.4, 0.5) is 5.82 Å². The first-order valence-corrected chi connectivity index (χ1v) is 14.1. The highest BCUT2D eigenvalue weighted by molar-refractivity contribution is 7.86. The van der Waals surface area contributed by atoms with Gasteiger partial charge in [0.1, 0.15) is 28.6 Å². The Labute approximate surface area is 222 Å². The predicted molar refractivity (Wildman–Crippen MR) is 144 cm³/mol. The molecule has 2 aromatic heterocycles. The van der Waals surface area contributed by atoms with Crippen LogP contribution in [0.3, 0.4) is 0 Å². The van der Waals surface area contributed by atoms with Gasteiger partial charge in [-0.25, -0.2) is 9.97 Å². The van der Waals surface area contributed by atoms with Gasteiger partial charge in [-0.2, -0.15) is 8.42 Å². The Bertz CT molecular complexity index is 1540. The predicted octanol–water partition coefficient (Wildman–Crippen LogP) is 4.48. The van der Waals surface area contributed by atoms with E-state index < -0.39 is 15.7 Å². The Morgan fingerprint density at radius 2 is 1.95 bits per heavy atom. The summed E-state index contributed by atoms with van der Waals surface area (Å²) in [6, 6.07) is 14.1. The van der Waals surface area contributed by atoms with Gasteiger partial charge in [-0.3, -0.25) is 8.58 Å². The van der Waals surface area contributed by atoms with Crippen molar-refractivity contribution in [3.8, 4) is 17.0 Å². The number of unbranched alkanes of at least 4 members (excludes halogenated alkanes) is 1. The largest absolute Gasteiger partial charge is 0.494 e. The summed E-state index contributed by atoms with van der Waals surface area (Å²) in [5, 5.41) is 11.0. The van der Waals surface area contributed by atoms with Crippen LogP contribution >= 0.6 is 0 Å². The van der Waals surface area contributed by atoms with Crippen LogP contribution in [0.2, 0.25) is 0 Å². The number of nitrogen functional groups attached to an aromatic ring is 1. The van der Waals surface area contributed by atoms with Gasteiger partial charge in [0.2, 0.25) is 0 Å². The molecule has 5 rings (SSSR count). The van der Waals surface area contributed by atoms with E-state index in [9.17, 15) is 13.5 Å². The first kappa shape index (κ1) is 26.1. The lowest BCUT2D eigenvalue weighted by Crippen LogP contribution is -2.47. The third kappa shape index (κ3) is 5.24. The number of hydrogen-bond donors (Lipinski definition) is 2. The van der Waals surface area contributed by atoms with Crippen LogP contribution < -0.4 is 10.5 Å². The molecular formula is C28H32N4O5S. The summed E-state index contributed by atoms with van der Waals surface area (Å²) in [6.07, 6.45) is 6.04. The van der Waals surface area contributed by atoms with Crippen LogP contribution in [0.1, 0.15) is 49.9 Å². The highest BCUT2D eigenvalue weighted by atomic mass is 32.2. The van der Waals surface area contributed by atoms with Crippen molar-refractivity contribution in [2.75, 3.05) is 18.9 Å². The van der Waals surface area contributed by atoms with Gasteiger partial charge in [0, 0.05) is 23.9 Å². The molecule has 0 aliphatic heterocycles. The third-order valence-corrected chi connectivity index (χ3v) is 8.17. The number of ether oxygens (including phenoxy) is 1. The van der Waals surface area contributed by atoms with Gasteiger partial charge < -0.3 is 15.6 Å². The average molecular weight is 537 g/mol. The fourth-order valence-electron chi connectivity index (χ4n) is 4.76. The zero-order valence-electron chi connectivity index (χ0n) is 21.5. The number of nitrogens with zero attached hydrogens (tertiary/aromatic N) is 3. The van der Waals surface area contributed by atoms with E-state index in [0.717, 1.165) is 35.5 Å². The average Bonchev–Trinajstić information content (AvgIpc) is 3.27. The molecule has 1 fully saturated rings. The Hall–Kier alpha value is -3.47. The van der Waals surface area contributed by atoms with E-state index in [4.69, 9.17) is 19.6 Å². The monoisotopic (exact) mass is 536 g/mol. The zero-order chi connectivity index (χ0) is 26.9. The molecule has 0 radical (unpaired) electrons. The summed E-state index contributed by atoms with van der Waals surface area (Å²) < 4.78 is 38.2. The minimum atomic E-state index is -3.97. The molecule has 3 N–H and O–H groups in total. The standard InChI is InChI=1S/C28H32N4O5S/c1-3-4-14-36-22-7-5-6-20(15-22)24-25-26(29)30-12-13-32(25)27(31-24)21-16-28(33,17-21)18-37-38(34,35)23-10-8-19(2)9-11-23/h5-13,15,21,33H,3-4,14,16-18H2,1-2H3,(H2,29,30)/t21-,28-. The van der Waals surface area contributed by atoms with E-state index in [2.05, 4.69) is 11.9 Å². The lowest BCUT2D eigenvalue weighted by atomic mass is 9.71. The van der Waals surface area contributed by atoms with Gasteiger partial charge in [-0.05, 0) is 50.5 Å². The van der Waals surface area contributed by atoms with Crippen molar-refractivity contribution in [2.24, 2.45) is 0 Å². The van der Waals surface area contributed by atoms with E-state index >= 15 is 0 Å². The number of benzene rings is 2. The number of aromatic nitrogens is 3. The molecule has 2 aromatic carbocycles. The summed E-state index contributed by atoms with van der Waals surface area (Å²) in [7, 11) is -3.97. The van der Waals surface area contributed by atoms with Crippen LogP contribution in [0.15, 0.2) is 65.8 Å². The first-order chi connectivity index (χ1) is 18.2. The molecule has 0 unspecified atom stereocenters. The van der Waals surface area contributed by atoms with Gasteiger partial charge >= 0.3 is 0 Å². The molecule has 38 heavy (non-hydrogen) atoms. The fourth-order valence-corrected chi connectivity index (χ4v) is 5.74. The normalized spacial score (nSPS) is 19.4. The molecule has 0 bridgehead atoms. The molecule has 0 atom stereocenters. The van der Waals surface area contributed by atoms with E-state index in [1.165, 1.54) is 12.1 Å². The van der Waals surface area contributed by atoms with Gasteiger partial charge in [-0.15, -0.1) is 0 Å². The number of fused-ring (bicyclic) bond motifs is 1. The molecule has 10 heteroatoms. The number of rotatable bonds is 10. The van der Waals surface area contributed by atoms with Crippen LogP contribution in [0.5, 0.6) is 5.75 Å². The second-order valence-corrected chi connectivity index (χ2v) is 11.6.